The number of fused-ring (bicyclic) bond motifs is 8. The maximum atomic E-state index is 2.39. The van der Waals surface area contributed by atoms with Crippen molar-refractivity contribution >= 4 is 86.2 Å². The van der Waals surface area contributed by atoms with Gasteiger partial charge in [0.1, 0.15) is 0 Å². The third-order valence-electron chi connectivity index (χ3n) is 18.9. The van der Waals surface area contributed by atoms with Crippen molar-refractivity contribution in [3.63, 3.8) is 0 Å². The molecule has 0 saturated carbocycles. The molecule has 0 aromatic heterocycles. The lowest BCUT2D eigenvalue weighted by molar-refractivity contribution is 1.61. The fraction of sp³-hybridized carbons (Fsp3) is 0. The van der Waals surface area contributed by atoms with Crippen LogP contribution in [0.25, 0.3) is 175 Å². The second-order valence-electron chi connectivity index (χ2n) is 24.1. The summed E-state index contributed by atoms with van der Waals surface area (Å²) in [5, 5.41) is 20.2. The first kappa shape index (κ1) is 54.2. The molecule has 92 heavy (non-hydrogen) atoms. The van der Waals surface area contributed by atoms with Gasteiger partial charge in [-0.05, 0) is 199 Å². The number of hydrogen-bond donors (Lipinski definition) is 0. The Morgan fingerprint density at radius 3 is 0.804 bits per heavy atom. The standard InChI is InChI=1S/2C46H30/c1-2-14-32(15-3-1)37-18-6-7-19-38(37)45-39-20-8-10-22-41(39)46(42-23-11-9-21-40(42)45)43-24-12-17-33-26-28-36(30-44(33)43)35-27-25-31-13-4-5-16-34(31)29-35;1-2-14-32(15-3-1)37-18-6-7-19-39(37)45-41-20-8-10-22-43(41)46(44-23-11-9-21-42(44)45)40-24-12-17-36-30-35(27-28-38(36)40)34-26-25-31-13-4-5-16-33(31)29-34/h2*1-30H. The highest BCUT2D eigenvalue weighted by Gasteiger charge is 2.22. The fourth-order valence-corrected chi connectivity index (χ4v) is 14.6. The quantitative estimate of drug-likeness (QED) is 0.133. The van der Waals surface area contributed by atoms with Gasteiger partial charge in [0.25, 0.3) is 0 Å². The lowest BCUT2D eigenvalue weighted by Crippen LogP contribution is -1.93. The van der Waals surface area contributed by atoms with Crippen LogP contribution >= 0.6 is 0 Å². The highest BCUT2D eigenvalue weighted by atomic mass is 14.3. The van der Waals surface area contributed by atoms with Crippen LogP contribution < -0.4 is 0 Å². The van der Waals surface area contributed by atoms with Gasteiger partial charge in [-0.15, -0.1) is 0 Å². The molecule has 0 radical (unpaired) electrons. The normalized spacial score (nSPS) is 11.5. The molecule has 0 aliphatic carbocycles. The molecule has 0 bridgehead atoms. The van der Waals surface area contributed by atoms with Crippen molar-refractivity contribution in [2.24, 2.45) is 0 Å². The van der Waals surface area contributed by atoms with Gasteiger partial charge in [-0.3, -0.25) is 0 Å². The maximum absolute atomic E-state index is 2.39. The van der Waals surface area contributed by atoms with E-state index in [9.17, 15) is 0 Å². The third kappa shape index (κ3) is 9.57. The SMILES string of the molecule is c1ccc(-c2ccccc2-c2c3ccccc3c(-c3cccc4cc(-c5ccc6ccccc6c5)ccc34)c3ccccc23)cc1.c1ccc(-c2ccccc2-c2c3ccccc3c(-c3cccc4ccc(-c5ccc6ccccc6c5)cc34)c3ccccc23)cc1. The van der Waals surface area contributed by atoms with Gasteiger partial charge in [0.2, 0.25) is 0 Å². The van der Waals surface area contributed by atoms with Gasteiger partial charge < -0.3 is 0 Å². The Hall–Kier alpha value is -12.0. The minimum Gasteiger partial charge on any atom is -0.0622 e. The van der Waals surface area contributed by atoms with E-state index in [1.165, 1.54) is 175 Å². The summed E-state index contributed by atoms with van der Waals surface area (Å²) >= 11 is 0. The van der Waals surface area contributed by atoms with E-state index in [1.807, 2.05) is 0 Å². The summed E-state index contributed by atoms with van der Waals surface area (Å²) in [5.74, 6) is 0. The third-order valence-corrected chi connectivity index (χ3v) is 18.9. The summed E-state index contributed by atoms with van der Waals surface area (Å²) in [6.07, 6.45) is 0. The first-order valence-corrected chi connectivity index (χ1v) is 31.9. The van der Waals surface area contributed by atoms with Crippen LogP contribution in [0.15, 0.2) is 364 Å². The van der Waals surface area contributed by atoms with Crippen molar-refractivity contribution in [2.75, 3.05) is 0 Å². The monoisotopic (exact) mass is 1160 g/mol. The Kier molecular flexibility index (Phi) is 13.7. The van der Waals surface area contributed by atoms with Crippen LogP contribution in [0.5, 0.6) is 0 Å². The zero-order chi connectivity index (χ0) is 60.9. The van der Waals surface area contributed by atoms with E-state index in [1.54, 1.807) is 0 Å². The molecule has 0 unspecified atom stereocenters. The van der Waals surface area contributed by atoms with E-state index in [-0.39, 0.29) is 0 Å². The minimum absolute atomic E-state index is 1.23. The van der Waals surface area contributed by atoms with Gasteiger partial charge >= 0.3 is 0 Å². The summed E-state index contributed by atoms with van der Waals surface area (Å²) < 4.78 is 0. The van der Waals surface area contributed by atoms with Crippen LogP contribution in [-0.4, -0.2) is 0 Å². The molecule has 0 aliphatic heterocycles. The highest BCUT2D eigenvalue weighted by molar-refractivity contribution is 6.26. The smallest absolute Gasteiger partial charge is 0.00201 e. The zero-order valence-corrected chi connectivity index (χ0v) is 50.6. The summed E-state index contributed by atoms with van der Waals surface area (Å²) in [6, 6.07) is 133. The fourth-order valence-electron chi connectivity index (χ4n) is 14.6. The second-order valence-corrected chi connectivity index (χ2v) is 24.1. The average molecular weight is 1170 g/mol. The zero-order valence-electron chi connectivity index (χ0n) is 50.6. The Morgan fingerprint density at radius 1 is 0.109 bits per heavy atom. The molecule has 0 saturated heterocycles. The average Bonchev–Trinajstić information content (AvgIpc) is 0.735. The molecule has 0 aliphatic rings. The molecule has 428 valence electrons. The van der Waals surface area contributed by atoms with Crippen LogP contribution in [0.4, 0.5) is 0 Å². The predicted molar refractivity (Wildman–Crippen MR) is 396 cm³/mol. The molecule has 0 N–H and O–H groups in total. The number of benzene rings is 18. The van der Waals surface area contributed by atoms with Gasteiger partial charge in [0.05, 0.1) is 0 Å². The molecule has 0 heteroatoms. The van der Waals surface area contributed by atoms with Gasteiger partial charge in [0, 0.05) is 0 Å². The highest BCUT2D eigenvalue weighted by Crippen LogP contribution is 2.50. The number of hydrogen-bond acceptors (Lipinski definition) is 0. The van der Waals surface area contributed by atoms with E-state index in [2.05, 4.69) is 364 Å². The van der Waals surface area contributed by atoms with Crippen LogP contribution in [0.1, 0.15) is 0 Å². The van der Waals surface area contributed by atoms with E-state index in [4.69, 9.17) is 0 Å². The van der Waals surface area contributed by atoms with Gasteiger partial charge in [-0.25, -0.2) is 0 Å². The Morgan fingerprint density at radius 2 is 0.380 bits per heavy atom. The second kappa shape index (κ2) is 23.2. The lowest BCUT2D eigenvalue weighted by atomic mass is 9.83. The molecular weight excluding hydrogens is 1110 g/mol. The maximum Gasteiger partial charge on any atom is -0.00201 e. The van der Waals surface area contributed by atoms with Gasteiger partial charge in [-0.2, -0.15) is 0 Å². The Labute approximate surface area is 535 Å². The molecule has 0 nitrogen and oxygen atoms in total. The first-order valence-electron chi connectivity index (χ1n) is 31.9. The molecule has 0 amide bonds. The van der Waals surface area contributed by atoms with Crippen molar-refractivity contribution in [3.05, 3.63) is 364 Å². The van der Waals surface area contributed by atoms with Crippen molar-refractivity contribution in [3.8, 4) is 89.0 Å². The lowest BCUT2D eigenvalue weighted by Gasteiger charge is -2.20. The topological polar surface area (TPSA) is 0 Å². The van der Waals surface area contributed by atoms with E-state index in [0.717, 1.165) is 0 Å². The van der Waals surface area contributed by atoms with Gasteiger partial charge in [0.15, 0.2) is 0 Å². The molecular formula is C92H60. The molecule has 0 atom stereocenters. The molecule has 0 heterocycles. The van der Waals surface area contributed by atoms with Gasteiger partial charge in [-0.1, -0.05) is 340 Å². The molecule has 18 rings (SSSR count). The summed E-state index contributed by atoms with van der Waals surface area (Å²) in [5.41, 5.74) is 20.1. The van der Waals surface area contributed by atoms with E-state index in [0.29, 0.717) is 0 Å². The van der Waals surface area contributed by atoms with Crippen LogP contribution in [0.2, 0.25) is 0 Å². The Balaban J connectivity index is 0.000000141. The summed E-state index contributed by atoms with van der Waals surface area (Å²) in [4.78, 5) is 0. The predicted octanol–water partition coefficient (Wildman–Crippen LogP) is 25.9. The largest absolute Gasteiger partial charge is 0.0622 e. The van der Waals surface area contributed by atoms with Crippen LogP contribution in [0.3, 0.4) is 0 Å². The van der Waals surface area contributed by atoms with E-state index >= 15 is 0 Å². The van der Waals surface area contributed by atoms with Crippen molar-refractivity contribution < 1.29 is 0 Å². The van der Waals surface area contributed by atoms with E-state index < -0.39 is 0 Å². The summed E-state index contributed by atoms with van der Waals surface area (Å²) in [6.45, 7) is 0. The van der Waals surface area contributed by atoms with Crippen LogP contribution in [0, 0.1) is 0 Å². The minimum atomic E-state index is 1.23. The molecule has 0 fully saturated rings. The Bertz CT molecular complexity index is 5760. The molecule has 18 aromatic rings. The molecule has 0 spiro atoms. The number of rotatable bonds is 8. The van der Waals surface area contributed by atoms with Crippen molar-refractivity contribution in [1.82, 2.24) is 0 Å². The van der Waals surface area contributed by atoms with Crippen molar-refractivity contribution in [1.29, 1.82) is 0 Å². The van der Waals surface area contributed by atoms with Crippen LogP contribution in [-0.2, 0) is 0 Å². The molecule has 18 aromatic carbocycles. The first-order chi connectivity index (χ1) is 45.7. The summed E-state index contributed by atoms with van der Waals surface area (Å²) in [7, 11) is 0. The van der Waals surface area contributed by atoms with Crippen molar-refractivity contribution in [2.45, 2.75) is 0 Å².